The van der Waals surface area contributed by atoms with Crippen molar-refractivity contribution in [3.63, 3.8) is 0 Å². The maximum absolute atomic E-state index is 3.84. The van der Waals surface area contributed by atoms with Gasteiger partial charge in [0.2, 0.25) is 0 Å². The highest BCUT2D eigenvalue weighted by atomic mass is 15.2. The number of hydrogen-bond donors (Lipinski definition) is 1. The number of anilines is 2. The molecule has 4 fully saturated rings. The lowest BCUT2D eigenvalue weighted by molar-refractivity contribution is 0.0975. The number of piperidine rings is 3. The Morgan fingerprint density at radius 3 is 2.43 bits per heavy atom. The van der Waals surface area contributed by atoms with Crippen molar-refractivity contribution in [2.24, 2.45) is 5.92 Å². The van der Waals surface area contributed by atoms with E-state index in [0.717, 1.165) is 5.92 Å². The quantitative estimate of drug-likeness (QED) is 0.920. The predicted molar refractivity (Wildman–Crippen MR) is 89.2 cm³/mol. The van der Waals surface area contributed by atoms with Gasteiger partial charge in [0, 0.05) is 37.1 Å². The Labute approximate surface area is 128 Å². The zero-order valence-electron chi connectivity index (χ0n) is 13.1. The molecule has 2 bridgehead atoms. The molecule has 5 rings (SSSR count). The summed E-state index contributed by atoms with van der Waals surface area (Å²) in [6.07, 6.45) is 5.45. The fourth-order valence-electron chi connectivity index (χ4n) is 4.31. The monoisotopic (exact) mass is 285 g/mol. The van der Waals surface area contributed by atoms with Crippen LogP contribution in [0.5, 0.6) is 0 Å². The molecular weight excluding hydrogens is 258 g/mol. The average Bonchev–Trinajstić information content (AvgIpc) is 3.05. The van der Waals surface area contributed by atoms with Gasteiger partial charge in [0.25, 0.3) is 0 Å². The summed E-state index contributed by atoms with van der Waals surface area (Å²) in [5.41, 5.74) is 4.15. The van der Waals surface area contributed by atoms with Gasteiger partial charge in [-0.25, -0.2) is 0 Å². The Hall–Kier alpha value is -1.22. The van der Waals surface area contributed by atoms with E-state index in [4.69, 9.17) is 0 Å². The van der Waals surface area contributed by atoms with Gasteiger partial charge in [0.15, 0.2) is 0 Å². The zero-order valence-corrected chi connectivity index (χ0v) is 13.1. The van der Waals surface area contributed by atoms with Crippen molar-refractivity contribution in [3.05, 3.63) is 23.8 Å². The lowest BCUT2D eigenvalue weighted by Gasteiger charge is -2.45. The molecule has 4 aliphatic rings. The predicted octanol–water partition coefficient (Wildman–Crippen LogP) is 3.10. The number of nitrogens with zero attached hydrogens (tertiary/aromatic N) is 2. The maximum atomic E-state index is 3.84. The Bertz CT molecular complexity index is 499. The van der Waals surface area contributed by atoms with Crippen molar-refractivity contribution in [3.8, 4) is 0 Å². The Morgan fingerprint density at radius 2 is 1.81 bits per heavy atom. The van der Waals surface area contributed by atoms with Gasteiger partial charge in [-0.15, -0.1) is 0 Å². The minimum atomic E-state index is 0.656. The molecule has 4 saturated heterocycles. The molecule has 0 spiro atoms. The van der Waals surface area contributed by atoms with Gasteiger partial charge in [0.05, 0.1) is 0 Å². The standard InChI is InChI=1S/C18H27N3/c1-14-12-16(21-8-2-3-9-21)4-5-17(14)19-18-13-20-10-6-15(18)7-11-20/h4-5,12,15,18-19H,2-3,6-11,13H2,1H3. The Morgan fingerprint density at radius 1 is 1.05 bits per heavy atom. The van der Waals surface area contributed by atoms with Crippen LogP contribution in [0.15, 0.2) is 18.2 Å². The van der Waals surface area contributed by atoms with Crippen LogP contribution >= 0.6 is 0 Å². The molecule has 3 heteroatoms. The molecular formula is C18H27N3. The van der Waals surface area contributed by atoms with Gasteiger partial charge >= 0.3 is 0 Å². The van der Waals surface area contributed by atoms with Gasteiger partial charge in [0.1, 0.15) is 0 Å². The highest BCUT2D eigenvalue weighted by molar-refractivity contribution is 5.61. The molecule has 1 atom stereocenters. The van der Waals surface area contributed by atoms with Gasteiger partial charge < -0.3 is 15.1 Å². The summed E-state index contributed by atoms with van der Waals surface area (Å²) in [6.45, 7) is 8.57. The number of nitrogens with one attached hydrogen (secondary N) is 1. The lowest BCUT2D eigenvalue weighted by atomic mass is 9.84. The molecule has 4 heterocycles. The zero-order chi connectivity index (χ0) is 14.2. The second-order valence-electron chi connectivity index (χ2n) is 7.08. The van der Waals surface area contributed by atoms with Crippen LogP contribution in [0.1, 0.15) is 31.2 Å². The first kappa shape index (κ1) is 13.4. The second-order valence-corrected chi connectivity index (χ2v) is 7.08. The van der Waals surface area contributed by atoms with E-state index < -0.39 is 0 Å². The summed E-state index contributed by atoms with van der Waals surface area (Å²) >= 11 is 0. The lowest BCUT2D eigenvalue weighted by Crippen LogP contribution is -2.53. The number of rotatable bonds is 3. The molecule has 0 aliphatic carbocycles. The van der Waals surface area contributed by atoms with Crippen molar-refractivity contribution >= 4 is 11.4 Å². The number of hydrogen-bond acceptors (Lipinski definition) is 3. The highest BCUT2D eigenvalue weighted by Crippen LogP contribution is 2.32. The second kappa shape index (κ2) is 5.53. The van der Waals surface area contributed by atoms with Gasteiger partial charge in [-0.3, -0.25) is 0 Å². The first-order chi connectivity index (χ1) is 10.3. The molecule has 21 heavy (non-hydrogen) atoms. The van der Waals surface area contributed by atoms with Crippen molar-refractivity contribution in [1.29, 1.82) is 0 Å². The summed E-state index contributed by atoms with van der Waals surface area (Å²) in [7, 11) is 0. The van der Waals surface area contributed by atoms with Crippen LogP contribution in [-0.2, 0) is 0 Å². The summed E-state index contributed by atoms with van der Waals surface area (Å²) in [5, 5.41) is 3.84. The molecule has 0 radical (unpaired) electrons. The van der Waals surface area contributed by atoms with E-state index in [2.05, 4.69) is 40.2 Å². The molecule has 1 N–H and O–H groups in total. The van der Waals surface area contributed by atoms with E-state index in [1.54, 1.807) is 0 Å². The first-order valence-corrected chi connectivity index (χ1v) is 8.64. The average molecular weight is 285 g/mol. The minimum Gasteiger partial charge on any atom is -0.381 e. The first-order valence-electron chi connectivity index (χ1n) is 8.64. The molecule has 114 valence electrons. The van der Waals surface area contributed by atoms with E-state index >= 15 is 0 Å². The summed E-state index contributed by atoms with van der Waals surface area (Å²) < 4.78 is 0. The third kappa shape index (κ3) is 2.64. The number of fused-ring (bicyclic) bond motifs is 3. The minimum absolute atomic E-state index is 0.656. The van der Waals surface area contributed by atoms with Gasteiger partial charge in [-0.1, -0.05) is 0 Å². The smallest absolute Gasteiger partial charge is 0.0417 e. The van der Waals surface area contributed by atoms with Gasteiger partial charge in [-0.05, 0) is 75.4 Å². The summed E-state index contributed by atoms with van der Waals surface area (Å²) in [6, 6.07) is 7.64. The molecule has 1 aromatic carbocycles. The third-order valence-corrected chi connectivity index (χ3v) is 5.68. The molecule has 0 saturated carbocycles. The van der Waals surface area contributed by atoms with E-state index in [1.807, 2.05) is 0 Å². The van der Waals surface area contributed by atoms with Crippen LogP contribution < -0.4 is 10.2 Å². The third-order valence-electron chi connectivity index (χ3n) is 5.68. The van der Waals surface area contributed by atoms with Crippen molar-refractivity contribution in [2.45, 2.75) is 38.6 Å². The molecule has 3 nitrogen and oxygen atoms in total. The van der Waals surface area contributed by atoms with Crippen LogP contribution in [0, 0.1) is 12.8 Å². The molecule has 0 amide bonds. The largest absolute Gasteiger partial charge is 0.381 e. The van der Waals surface area contributed by atoms with Crippen LogP contribution in [0.4, 0.5) is 11.4 Å². The summed E-state index contributed by atoms with van der Waals surface area (Å²) in [5.74, 6) is 0.882. The maximum Gasteiger partial charge on any atom is 0.0417 e. The normalized spacial score (nSPS) is 31.7. The van der Waals surface area contributed by atoms with Crippen LogP contribution in [0.25, 0.3) is 0 Å². The number of benzene rings is 1. The fourth-order valence-corrected chi connectivity index (χ4v) is 4.31. The van der Waals surface area contributed by atoms with Crippen molar-refractivity contribution in [2.75, 3.05) is 42.9 Å². The van der Waals surface area contributed by atoms with Crippen molar-refractivity contribution < 1.29 is 0 Å². The van der Waals surface area contributed by atoms with Crippen LogP contribution in [0.2, 0.25) is 0 Å². The Balaban J connectivity index is 1.47. The number of aryl methyl sites for hydroxylation is 1. The SMILES string of the molecule is Cc1cc(N2CCCC2)ccc1NC1CN2CCC1CC2. The molecule has 1 aromatic rings. The van der Waals surface area contributed by atoms with Crippen LogP contribution in [-0.4, -0.2) is 43.7 Å². The van der Waals surface area contributed by atoms with E-state index in [-0.39, 0.29) is 0 Å². The fraction of sp³-hybridized carbons (Fsp3) is 0.667. The highest BCUT2D eigenvalue weighted by Gasteiger charge is 2.34. The van der Waals surface area contributed by atoms with E-state index in [0.29, 0.717) is 6.04 Å². The molecule has 1 unspecified atom stereocenters. The molecule has 0 aromatic heterocycles. The van der Waals surface area contributed by atoms with Crippen LogP contribution in [0.3, 0.4) is 0 Å². The van der Waals surface area contributed by atoms with Crippen molar-refractivity contribution in [1.82, 2.24) is 4.90 Å². The molecule has 4 aliphatic heterocycles. The summed E-state index contributed by atoms with van der Waals surface area (Å²) in [4.78, 5) is 5.14. The topological polar surface area (TPSA) is 18.5 Å². The van der Waals surface area contributed by atoms with E-state index in [1.165, 1.54) is 75.3 Å². The van der Waals surface area contributed by atoms with E-state index in [9.17, 15) is 0 Å². The Kier molecular flexibility index (Phi) is 3.54. The van der Waals surface area contributed by atoms with Gasteiger partial charge in [-0.2, -0.15) is 0 Å².